The van der Waals surface area contributed by atoms with Crippen molar-refractivity contribution in [3.05, 3.63) is 82.2 Å². The van der Waals surface area contributed by atoms with Crippen molar-refractivity contribution >= 4 is 11.0 Å². The van der Waals surface area contributed by atoms with Gasteiger partial charge in [0.2, 0.25) is 0 Å². The molecule has 30 heavy (non-hydrogen) atoms. The second-order valence-corrected chi connectivity index (χ2v) is 6.36. The van der Waals surface area contributed by atoms with Crippen LogP contribution in [0.2, 0.25) is 0 Å². The largest absolute Gasteiger partial charge is 0.504 e. The van der Waals surface area contributed by atoms with Gasteiger partial charge in [0.1, 0.15) is 34.8 Å². The number of benzene rings is 3. The molecule has 0 aliphatic rings. The zero-order valence-electron chi connectivity index (χ0n) is 15.3. The van der Waals surface area contributed by atoms with Gasteiger partial charge in [0.15, 0.2) is 11.5 Å². The van der Waals surface area contributed by atoms with Gasteiger partial charge in [0.05, 0.1) is 11.1 Å². The summed E-state index contributed by atoms with van der Waals surface area (Å²) in [6, 6.07) is 19.2. The maximum absolute atomic E-state index is 12.4. The summed E-state index contributed by atoms with van der Waals surface area (Å²) in [6.45, 7) is 0. The van der Waals surface area contributed by atoms with Gasteiger partial charge >= 0.3 is 5.63 Å². The molecule has 4 aromatic rings. The normalized spacial score (nSPS) is 10.3. The minimum Gasteiger partial charge on any atom is -0.504 e. The van der Waals surface area contributed by atoms with E-state index in [1.54, 1.807) is 42.5 Å². The molecular formula is C23H12N2O5. The van der Waals surface area contributed by atoms with Crippen molar-refractivity contribution in [3.63, 3.8) is 0 Å². The van der Waals surface area contributed by atoms with Crippen molar-refractivity contribution in [2.45, 2.75) is 0 Å². The van der Waals surface area contributed by atoms with Crippen LogP contribution in [-0.2, 0) is 0 Å². The third-order valence-electron chi connectivity index (χ3n) is 4.48. The second kappa shape index (κ2) is 7.34. The van der Waals surface area contributed by atoms with Crippen LogP contribution in [0.25, 0.3) is 22.1 Å². The van der Waals surface area contributed by atoms with Gasteiger partial charge in [0.25, 0.3) is 0 Å². The molecule has 0 saturated carbocycles. The Morgan fingerprint density at radius 3 is 2.33 bits per heavy atom. The molecule has 2 N–H and O–H groups in total. The molecule has 7 nitrogen and oxygen atoms in total. The van der Waals surface area contributed by atoms with Crippen LogP contribution in [-0.4, -0.2) is 10.2 Å². The van der Waals surface area contributed by atoms with Crippen molar-refractivity contribution in [3.8, 4) is 46.3 Å². The molecular weight excluding hydrogens is 384 g/mol. The van der Waals surface area contributed by atoms with E-state index in [1.165, 1.54) is 18.2 Å². The average molecular weight is 396 g/mol. The van der Waals surface area contributed by atoms with Gasteiger partial charge in [-0.15, -0.1) is 0 Å². The van der Waals surface area contributed by atoms with Crippen molar-refractivity contribution < 1.29 is 19.4 Å². The van der Waals surface area contributed by atoms with Gasteiger partial charge in [0, 0.05) is 11.5 Å². The minimum absolute atomic E-state index is 0.141. The number of phenolic OH excluding ortho intramolecular Hbond substituents is 2. The molecule has 0 bridgehead atoms. The van der Waals surface area contributed by atoms with E-state index in [2.05, 4.69) is 0 Å². The molecule has 0 aliphatic carbocycles. The van der Waals surface area contributed by atoms with E-state index in [4.69, 9.17) is 14.4 Å². The lowest BCUT2D eigenvalue weighted by Gasteiger charge is -2.09. The lowest BCUT2D eigenvalue weighted by atomic mass is 10.1. The average Bonchev–Trinajstić information content (AvgIpc) is 2.75. The van der Waals surface area contributed by atoms with Crippen molar-refractivity contribution in [2.24, 2.45) is 0 Å². The van der Waals surface area contributed by atoms with Crippen LogP contribution < -0.4 is 10.4 Å². The molecule has 0 radical (unpaired) electrons. The highest BCUT2D eigenvalue weighted by molar-refractivity contribution is 5.84. The fourth-order valence-corrected chi connectivity index (χ4v) is 3.00. The van der Waals surface area contributed by atoms with Crippen molar-refractivity contribution in [1.29, 1.82) is 10.5 Å². The second-order valence-electron chi connectivity index (χ2n) is 6.36. The number of hydrogen-bond donors (Lipinski definition) is 2. The van der Waals surface area contributed by atoms with E-state index in [0.29, 0.717) is 16.7 Å². The van der Waals surface area contributed by atoms with E-state index in [0.717, 1.165) is 0 Å². The van der Waals surface area contributed by atoms with Gasteiger partial charge in [-0.1, -0.05) is 18.2 Å². The van der Waals surface area contributed by atoms with Gasteiger partial charge in [-0.2, -0.15) is 10.5 Å². The highest BCUT2D eigenvalue weighted by Crippen LogP contribution is 2.32. The number of nitriles is 2. The molecule has 0 saturated heterocycles. The van der Waals surface area contributed by atoms with Gasteiger partial charge in [-0.3, -0.25) is 0 Å². The van der Waals surface area contributed by atoms with Crippen LogP contribution in [0.15, 0.2) is 69.9 Å². The zero-order valence-corrected chi connectivity index (χ0v) is 15.3. The molecule has 4 rings (SSSR count). The number of fused-ring (bicyclic) bond motifs is 1. The lowest BCUT2D eigenvalue weighted by Crippen LogP contribution is -2.02. The molecule has 0 atom stereocenters. The van der Waals surface area contributed by atoms with Crippen molar-refractivity contribution in [2.75, 3.05) is 0 Å². The maximum Gasteiger partial charge on any atom is 0.344 e. The molecule has 1 aromatic heterocycles. The van der Waals surface area contributed by atoms with Crippen LogP contribution in [0.5, 0.6) is 23.0 Å². The summed E-state index contributed by atoms with van der Waals surface area (Å²) >= 11 is 0. The predicted octanol–water partition coefficient (Wildman–Crippen LogP) is 4.41. The first-order valence-electron chi connectivity index (χ1n) is 8.71. The van der Waals surface area contributed by atoms with E-state index in [9.17, 15) is 20.3 Å². The molecule has 0 aliphatic heterocycles. The van der Waals surface area contributed by atoms with Gasteiger partial charge in [-0.05, 0) is 42.0 Å². The Hall–Kier alpha value is -4.75. The molecule has 0 spiro atoms. The van der Waals surface area contributed by atoms with Crippen LogP contribution >= 0.6 is 0 Å². The number of phenols is 2. The summed E-state index contributed by atoms with van der Waals surface area (Å²) in [7, 11) is 0. The molecule has 7 heteroatoms. The fourth-order valence-electron chi connectivity index (χ4n) is 3.00. The number of aromatic hydroxyl groups is 2. The van der Waals surface area contributed by atoms with E-state index < -0.39 is 5.63 Å². The van der Waals surface area contributed by atoms with E-state index in [1.807, 2.05) is 12.1 Å². The Labute approximate surface area is 169 Å². The summed E-state index contributed by atoms with van der Waals surface area (Å²) < 4.78 is 11.0. The molecule has 0 fully saturated rings. The first kappa shape index (κ1) is 18.6. The third kappa shape index (κ3) is 3.28. The van der Waals surface area contributed by atoms with Crippen LogP contribution in [0.3, 0.4) is 0 Å². The Morgan fingerprint density at radius 2 is 1.63 bits per heavy atom. The minimum atomic E-state index is -0.602. The number of nitrogens with zero attached hydrogens (tertiary/aromatic N) is 2. The van der Waals surface area contributed by atoms with E-state index >= 15 is 0 Å². The quantitative estimate of drug-likeness (QED) is 0.388. The predicted molar refractivity (Wildman–Crippen MR) is 107 cm³/mol. The first-order valence-corrected chi connectivity index (χ1v) is 8.71. The highest BCUT2D eigenvalue weighted by atomic mass is 16.5. The summed E-state index contributed by atoms with van der Waals surface area (Å²) in [4.78, 5) is 12.4. The molecule has 144 valence electrons. The SMILES string of the molecule is N#Cc1cccc(Oc2ccc(-c3cc4cc(O)c(O)cc4oc3=O)cc2)c1C#N. The Morgan fingerprint density at radius 1 is 0.900 bits per heavy atom. The fraction of sp³-hybridized carbons (Fsp3) is 0. The molecule has 3 aromatic carbocycles. The highest BCUT2D eigenvalue weighted by Gasteiger charge is 2.12. The van der Waals surface area contributed by atoms with E-state index in [-0.39, 0.29) is 39.5 Å². The Kier molecular flexibility index (Phi) is 4.55. The standard InChI is InChI=1S/C23H12N2O5/c24-11-14-2-1-3-21(18(14)12-25)29-16-6-4-13(5-7-16)17-8-15-9-19(26)20(27)10-22(15)30-23(17)28/h1-10,26-27H. The number of rotatable bonds is 3. The Balaban J connectivity index is 1.69. The summed E-state index contributed by atoms with van der Waals surface area (Å²) in [5.74, 6) is -0.0288. The summed E-state index contributed by atoms with van der Waals surface area (Å²) in [5.41, 5.74) is 0.729. The zero-order chi connectivity index (χ0) is 21.3. The van der Waals surface area contributed by atoms with Crippen LogP contribution in [0.4, 0.5) is 0 Å². The first-order chi connectivity index (χ1) is 14.5. The number of hydrogen-bond acceptors (Lipinski definition) is 7. The topological polar surface area (TPSA) is 127 Å². The lowest BCUT2D eigenvalue weighted by molar-refractivity contribution is 0.403. The van der Waals surface area contributed by atoms with Gasteiger partial charge < -0.3 is 19.4 Å². The third-order valence-corrected chi connectivity index (χ3v) is 4.48. The molecule has 0 unspecified atom stereocenters. The van der Waals surface area contributed by atoms with Gasteiger partial charge in [-0.25, -0.2) is 4.79 Å². The van der Waals surface area contributed by atoms with Crippen LogP contribution in [0.1, 0.15) is 11.1 Å². The Bertz CT molecular complexity index is 1420. The van der Waals surface area contributed by atoms with Crippen LogP contribution in [0, 0.1) is 22.7 Å². The molecule has 1 heterocycles. The monoisotopic (exact) mass is 396 g/mol. The van der Waals surface area contributed by atoms with Crippen molar-refractivity contribution in [1.82, 2.24) is 0 Å². The maximum atomic E-state index is 12.4. The number of ether oxygens (including phenoxy) is 1. The molecule has 0 amide bonds. The summed E-state index contributed by atoms with van der Waals surface area (Å²) in [6.07, 6.45) is 0. The smallest absolute Gasteiger partial charge is 0.344 e. The summed E-state index contributed by atoms with van der Waals surface area (Å²) in [5, 5.41) is 38.1.